The van der Waals surface area contributed by atoms with Crippen molar-refractivity contribution in [2.75, 3.05) is 23.3 Å². The van der Waals surface area contributed by atoms with E-state index in [2.05, 4.69) is 25.2 Å². The van der Waals surface area contributed by atoms with Gasteiger partial charge in [-0.25, -0.2) is 18.7 Å². The van der Waals surface area contributed by atoms with Crippen LogP contribution in [0.1, 0.15) is 19.3 Å². The van der Waals surface area contributed by atoms with Crippen LogP contribution >= 0.6 is 0 Å². The molecular weight excluding hydrogens is 276 g/mol. The number of benzene rings is 1. The quantitative estimate of drug-likeness (QED) is 0.942. The van der Waals surface area contributed by atoms with Gasteiger partial charge < -0.3 is 10.2 Å². The van der Waals surface area contributed by atoms with E-state index in [1.54, 1.807) is 0 Å². The molecule has 1 N–H and O–H groups in total. The lowest BCUT2D eigenvalue weighted by molar-refractivity contribution is 0.567. The van der Waals surface area contributed by atoms with Crippen LogP contribution in [0, 0.1) is 11.6 Å². The lowest BCUT2D eigenvalue weighted by atomic mass is 10.1. The lowest BCUT2D eigenvalue weighted by Crippen LogP contribution is -2.31. The molecule has 3 rings (SSSR count). The van der Waals surface area contributed by atoms with Gasteiger partial charge in [-0.05, 0) is 31.4 Å². The molecule has 0 amide bonds. The van der Waals surface area contributed by atoms with Gasteiger partial charge in [-0.15, -0.1) is 0 Å². The SMILES string of the molecule is Fc1cc(F)cc(Nc2ncnc(N3CCCCC3)n2)c1. The van der Waals surface area contributed by atoms with Crippen molar-refractivity contribution in [3.05, 3.63) is 36.2 Å². The number of hydrogen-bond donors (Lipinski definition) is 1. The highest BCUT2D eigenvalue weighted by atomic mass is 19.1. The molecule has 7 heteroatoms. The summed E-state index contributed by atoms with van der Waals surface area (Å²) in [6, 6.07) is 3.19. The molecule has 1 fully saturated rings. The Balaban J connectivity index is 1.79. The number of halogens is 2. The maximum Gasteiger partial charge on any atom is 0.232 e. The van der Waals surface area contributed by atoms with Gasteiger partial charge in [0, 0.05) is 24.8 Å². The zero-order chi connectivity index (χ0) is 14.7. The van der Waals surface area contributed by atoms with E-state index in [0.717, 1.165) is 32.0 Å². The number of nitrogens with one attached hydrogen (secondary N) is 1. The predicted molar refractivity (Wildman–Crippen MR) is 75.5 cm³/mol. The molecule has 1 aliphatic rings. The van der Waals surface area contributed by atoms with Crippen molar-refractivity contribution >= 4 is 17.6 Å². The van der Waals surface area contributed by atoms with Crippen LogP contribution in [-0.4, -0.2) is 28.0 Å². The fourth-order valence-electron chi connectivity index (χ4n) is 2.35. The summed E-state index contributed by atoms with van der Waals surface area (Å²) >= 11 is 0. The molecule has 0 spiro atoms. The molecule has 1 aliphatic heterocycles. The van der Waals surface area contributed by atoms with Crippen molar-refractivity contribution in [1.29, 1.82) is 0 Å². The second-order valence-electron chi connectivity index (χ2n) is 4.94. The average Bonchev–Trinajstić information content (AvgIpc) is 2.47. The van der Waals surface area contributed by atoms with E-state index in [1.165, 1.54) is 24.9 Å². The third-order valence-electron chi connectivity index (χ3n) is 3.32. The van der Waals surface area contributed by atoms with Crippen molar-refractivity contribution in [3.63, 3.8) is 0 Å². The molecule has 5 nitrogen and oxygen atoms in total. The summed E-state index contributed by atoms with van der Waals surface area (Å²) in [6.07, 6.45) is 4.84. The maximum atomic E-state index is 13.2. The van der Waals surface area contributed by atoms with Crippen molar-refractivity contribution in [1.82, 2.24) is 15.0 Å². The predicted octanol–water partition coefficient (Wildman–Crippen LogP) is 2.88. The third kappa shape index (κ3) is 3.42. The smallest absolute Gasteiger partial charge is 0.232 e. The van der Waals surface area contributed by atoms with Gasteiger partial charge in [0.25, 0.3) is 0 Å². The second kappa shape index (κ2) is 5.99. The van der Waals surface area contributed by atoms with Crippen molar-refractivity contribution in [2.24, 2.45) is 0 Å². The van der Waals surface area contributed by atoms with Gasteiger partial charge in [-0.3, -0.25) is 0 Å². The van der Waals surface area contributed by atoms with Gasteiger partial charge in [0.15, 0.2) is 0 Å². The third-order valence-corrected chi connectivity index (χ3v) is 3.32. The van der Waals surface area contributed by atoms with Gasteiger partial charge in [-0.2, -0.15) is 4.98 Å². The van der Waals surface area contributed by atoms with E-state index >= 15 is 0 Å². The fraction of sp³-hybridized carbons (Fsp3) is 0.357. The Morgan fingerprint density at radius 1 is 0.952 bits per heavy atom. The fourth-order valence-corrected chi connectivity index (χ4v) is 2.35. The van der Waals surface area contributed by atoms with Crippen LogP contribution in [0.15, 0.2) is 24.5 Å². The Bertz CT molecular complexity index is 608. The van der Waals surface area contributed by atoms with Crippen LogP contribution < -0.4 is 10.2 Å². The van der Waals surface area contributed by atoms with Crippen LogP contribution in [0.4, 0.5) is 26.4 Å². The van der Waals surface area contributed by atoms with Gasteiger partial charge in [0.2, 0.25) is 11.9 Å². The van der Waals surface area contributed by atoms with E-state index in [9.17, 15) is 8.78 Å². The van der Waals surface area contributed by atoms with E-state index < -0.39 is 11.6 Å². The average molecular weight is 291 g/mol. The molecule has 0 atom stereocenters. The van der Waals surface area contributed by atoms with E-state index in [4.69, 9.17) is 0 Å². The van der Waals surface area contributed by atoms with Crippen molar-refractivity contribution in [3.8, 4) is 0 Å². The second-order valence-corrected chi connectivity index (χ2v) is 4.94. The Morgan fingerprint density at radius 2 is 1.67 bits per heavy atom. The molecular formula is C14H15F2N5. The minimum atomic E-state index is -0.650. The number of nitrogens with zero attached hydrogens (tertiary/aromatic N) is 4. The number of piperidine rings is 1. The van der Waals surface area contributed by atoms with Crippen molar-refractivity contribution < 1.29 is 8.78 Å². The minimum absolute atomic E-state index is 0.267. The summed E-state index contributed by atoms with van der Waals surface area (Å²) in [5.41, 5.74) is 0.267. The first kappa shape index (κ1) is 13.7. The summed E-state index contributed by atoms with van der Waals surface area (Å²) in [6.45, 7) is 1.83. The molecule has 0 unspecified atom stereocenters. The number of anilines is 3. The zero-order valence-electron chi connectivity index (χ0n) is 11.4. The highest BCUT2D eigenvalue weighted by molar-refractivity contribution is 5.54. The topological polar surface area (TPSA) is 53.9 Å². The maximum absolute atomic E-state index is 13.2. The van der Waals surface area contributed by atoms with Crippen LogP contribution in [0.2, 0.25) is 0 Å². The van der Waals surface area contributed by atoms with Crippen LogP contribution in [-0.2, 0) is 0 Å². The molecule has 110 valence electrons. The first-order valence-corrected chi connectivity index (χ1v) is 6.88. The summed E-state index contributed by atoms with van der Waals surface area (Å²) in [4.78, 5) is 14.5. The van der Waals surface area contributed by atoms with Crippen LogP contribution in [0.25, 0.3) is 0 Å². The van der Waals surface area contributed by atoms with Crippen LogP contribution in [0.5, 0.6) is 0 Å². The molecule has 0 saturated carbocycles. The molecule has 2 aromatic rings. The Morgan fingerprint density at radius 3 is 2.38 bits per heavy atom. The largest absolute Gasteiger partial charge is 0.341 e. The summed E-state index contributed by atoms with van der Waals surface area (Å²) in [5.74, 6) is -0.440. The Kier molecular flexibility index (Phi) is 3.89. The molecule has 1 aromatic heterocycles. The normalized spacial score (nSPS) is 15.0. The molecule has 0 radical (unpaired) electrons. The molecule has 1 saturated heterocycles. The van der Waals surface area contributed by atoms with Crippen molar-refractivity contribution in [2.45, 2.75) is 19.3 Å². The summed E-state index contributed by atoms with van der Waals surface area (Å²) in [5, 5.41) is 2.80. The zero-order valence-corrected chi connectivity index (χ0v) is 11.4. The van der Waals surface area contributed by atoms with E-state index in [1.807, 2.05) is 0 Å². The molecule has 1 aromatic carbocycles. The highest BCUT2D eigenvalue weighted by Crippen LogP contribution is 2.19. The number of aromatic nitrogens is 3. The Labute approximate surface area is 121 Å². The van der Waals surface area contributed by atoms with Gasteiger partial charge in [0.05, 0.1) is 0 Å². The number of hydrogen-bond acceptors (Lipinski definition) is 5. The number of rotatable bonds is 3. The first-order valence-electron chi connectivity index (χ1n) is 6.88. The minimum Gasteiger partial charge on any atom is -0.341 e. The molecule has 2 heterocycles. The monoisotopic (exact) mass is 291 g/mol. The molecule has 21 heavy (non-hydrogen) atoms. The molecule has 0 bridgehead atoms. The van der Waals surface area contributed by atoms with Crippen LogP contribution in [0.3, 0.4) is 0 Å². The summed E-state index contributed by atoms with van der Waals surface area (Å²) in [7, 11) is 0. The standard InChI is InChI=1S/C14H15F2N5/c15-10-6-11(16)8-12(7-10)19-13-17-9-18-14(20-13)21-4-2-1-3-5-21/h6-9H,1-5H2,(H,17,18,19,20). The summed E-state index contributed by atoms with van der Waals surface area (Å²) < 4.78 is 26.3. The van der Waals surface area contributed by atoms with E-state index in [-0.39, 0.29) is 11.6 Å². The highest BCUT2D eigenvalue weighted by Gasteiger charge is 2.14. The van der Waals surface area contributed by atoms with Gasteiger partial charge in [0.1, 0.15) is 18.0 Å². The Hall–Kier alpha value is -2.31. The lowest BCUT2D eigenvalue weighted by Gasteiger charge is -2.26. The van der Waals surface area contributed by atoms with Gasteiger partial charge >= 0.3 is 0 Å². The first-order chi connectivity index (χ1) is 10.2. The van der Waals surface area contributed by atoms with Gasteiger partial charge in [-0.1, -0.05) is 0 Å². The van der Waals surface area contributed by atoms with E-state index in [0.29, 0.717) is 5.95 Å². The molecule has 0 aliphatic carbocycles.